The second-order valence-corrected chi connectivity index (χ2v) is 12.1. The lowest BCUT2D eigenvalue weighted by Crippen LogP contribution is -2.52. The van der Waals surface area contributed by atoms with Crippen molar-refractivity contribution in [2.45, 2.75) is 44.7 Å². The van der Waals surface area contributed by atoms with Gasteiger partial charge < -0.3 is 15.0 Å². The molecule has 0 bridgehead atoms. The molecule has 2 amide bonds. The highest BCUT2D eigenvalue weighted by atomic mass is 35.5. The van der Waals surface area contributed by atoms with Crippen molar-refractivity contribution in [3.63, 3.8) is 0 Å². The smallest absolute Gasteiger partial charge is 0.264 e. The number of hydrogen-bond donors (Lipinski definition) is 1. The Morgan fingerprint density at radius 2 is 1.68 bits per heavy atom. The molecule has 1 atom stereocenters. The number of nitrogens with one attached hydrogen (secondary N) is 1. The molecule has 0 fully saturated rings. The molecule has 11 heteroatoms. The molecule has 8 nitrogen and oxygen atoms in total. The summed E-state index contributed by atoms with van der Waals surface area (Å²) >= 11 is 6.00. The van der Waals surface area contributed by atoms with Crippen LogP contribution in [-0.4, -0.2) is 51.4 Å². The van der Waals surface area contributed by atoms with Gasteiger partial charge in [0.25, 0.3) is 10.0 Å². The molecule has 0 aliphatic carbocycles. The normalized spacial score (nSPS) is 12.1. The molecule has 3 aromatic rings. The van der Waals surface area contributed by atoms with Gasteiger partial charge in [-0.25, -0.2) is 12.8 Å². The molecule has 0 unspecified atom stereocenters. The fourth-order valence-electron chi connectivity index (χ4n) is 4.16. The summed E-state index contributed by atoms with van der Waals surface area (Å²) in [6, 6.07) is 17.2. The number of rotatable bonds is 13. The van der Waals surface area contributed by atoms with E-state index in [9.17, 15) is 22.4 Å². The van der Waals surface area contributed by atoms with Gasteiger partial charge in [0.05, 0.1) is 22.7 Å². The van der Waals surface area contributed by atoms with Gasteiger partial charge in [-0.05, 0) is 60.4 Å². The Labute approximate surface area is 246 Å². The standard InChI is InChI=1S/C30H35ClFN3O5S/c1-5-28(30(37)33-18-21(2)3)34(19-22-11-14-24(40-4)15-12-22)29(36)20-35(23-13-16-27(32)26(31)17-23)41(38,39)25-9-7-6-8-10-25/h6-17,21,28H,5,18-20H2,1-4H3,(H,33,37)/t28-/m1/s1. The predicted octanol–water partition coefficient (Wildman–Crippen LogP) is 5.26. The van der Waals surface area contributed by atoms with Crippen molar-refractivity contribution in [1.29, 1.82) is 0 Å². The molecule has 3 rings (SSSR count). The summed E-state index contributed by atoms with van der Waals surface area (Å²) in [6.45, 7) is 5.51. The largest absolute Gasteiger partial charge is 0.497 e. The van der Waals surface area contributed by atoms with Crippen LogP contribution in [-0.2, 0) is 26.2 Å². The van der Waals surface area contributed by atoms with Crippen molar-refractivity contribution in [1.82, 2.24) is 10.2 Å². The monoisotopic (exact) mass is 603 g/mol. The van der Waals surface area contributed by atoms with Crippen molar-refractivity contribution in [2.75, 3.05) is 24.5 Å². The quantitative estimate of drug-likeness (QED) is 0.287. The molecular formula is C30H35ClFN3O5S. The van der Waals surface area contributed by atoms with E-state index in [0.717, 1.165) is 22.0 Å². The lowest BCUT2D eigenvalue weighted by Gasteiger charge is -2.33. The van der Waals surface area contributed by atoms with Crippen LogP contribution in [0.25, 0.3) is 0 Å². The van der Waals surface area contributed by atoms with Crippen LogP contribution in [0.15, 0.2) is 77.7 Å². The lowest BCUT2D eigenvalue weighted by molar-refractivity contribution is -0.140. The molecular weight excluding hydrogens is 569 g/mol. The van der Waals surface area contributed by atoms with Crippen molar-refractivity contribution >= 4 is 39.1 Å². The number of amides is 2. The van der Waals surface area contributed by atoms with Gasteiger partial charge in [0.1, 0.15) is 24.2 Å². The molecule has 0 aliphatic rings. The molecule has 0 saturated heterocycles. The lowest BCUT2D eigenvalue weighted by atomic mass is 10.1. The highest BCUT2D eigenvalue weighted by molar-refractivity contribution is 7.92. The number of sulfonamides is 1. The van der Waals surface area contributed by atoms with Crippen molar-refractivity contribution in [3.05, 3.63) is 89.2 Å². The van der Waals surface area contributed by atoms with Crippen LogP contribution in [0.1, 0.15) is 32.8 Å². The average Bonchev–Trinajstić information content (AvgIpc) is 2.96. The van der Waals surface area contributed by atoms with Gasteiger partial charge in [-0.3, -0.25) is 13.9 Å². The number of anilines is 1. The number of ether oxygens (including phenoxy) is 1. The maximum atomic E-state index is 14.0. The Kier molecular flexibility index (Phi) is 11.1. The molecule has 0 aliphatic heterocycles. The summed E-state index contributed by atoms with van der Waals surface area (Å²) in [5.74, 6) is -0.871. The topological polar surface area (TPSA) is 96.0 Å². The minimum Gasteiger partial charge on any atom is -0.497 e. The number of halogens is 2. The highest BCUT2D eigenvalue weighted by Gasteiger charge is 2.34. The Morgan fingerprint density at radius 3 is 2.24 bits per heavy atom. The van der Waals surface area contributed by atoms with E-state index in [4.69, 9.17) is 16.3 Å². The SMILES string of the molecule is CC[C@H](C(=O)NCC(C)C)N(Cc1ccc(OC)cc1)C(=O)CN(c1ccc(F)c(Cl)c1)S(=O)(=O)c1ccccc1. The molecule has 0 spiro atoms. The first-order valence-corrected chi connectivity index (χ1v) is 15.0. The second kappa shape index (κ2) is 14.3. The van der Waals surface area contributed by atoms with Crippen LogP contribution in [0.3, 0.4) is 0 Å². The van der Waals surface area contributed by atoms with E-state index in [2.05, 4.69) is 5.32 Å². The van der Waals surface area contributed by atoms with Gasteiger partial charge >= 0.3 is 0 Å². The average molecular weight is 604 g/mol. The molecule has 0 aromatic heterocycles. The van der Waals surface area contributed by atoms with Crippen LogP contribution in [0, 0.1) is 11.7 Å². The highest BCUT2D eigenvalue weighted by Crippen LogP contribution is 2.28. The van der Waals surface area contributed by atoms with Gasteiger partial charge in [-0.2, -0.15) is 0 Å². The van der Waals surface area contributed by atoms with Crippen LogP contribution in [0.4, 0.5) is 10.1 Å². The zero-order valence-electron chi connectivity index (χ0n) is 23.5. The molecule has 41 heavy (non-hydrogen) atoms. The first-order valence-electron chi connectivity index (χ1n) is 13.2. The molecule has 220 valence electrons. The number of methoxy groups -OCH3 is 1. The summed E-state index contributed by atoms with van der Waals surface area (Å²) in [6.07, 6.45) is 0.291. The summed E-state index contributed by atoms with van der Waals surface area (Å²) in [5.41, 5.74) is 0.729. The third-order valence-electron chi connectivity index (χ3n) is 6.38. The third-order valence-corrected chi connectivity index (χ3v) is 8.46. The van der Waals surface area contributed by atoms with E-state index in [1.807, 2.05) is 13.8 Å². The molecule has 0 radical (unpaired) electrons. The molecule has 0 heterocycles. The van der Waals surface area contributed by atoms with E-state index in [1.54, 1.807) is 56.5 Å². The Balaban J connectivity index is 2.05. The Bertz CT molecular complexity index is 1440. The number of carbonyl (C=O) groups excluding carboxylic acids is 2. The third kappa shape index (κ3) is 8.20. The molecule has 1 N–H and O–H groups in total. The maximum Gasteiger partial charge on any atom is 0.264 e. The van der Waals surface area contributed by atoms with Crippen LogP contribution in [0.5, 0.6) is 5.75 Å². The summed E-state index contributed by atoms with van der Waals surface area (Å²) in [4.78, 5) is 28.6. The fourth-order valence-corrected chi connectivity index (χ4v) is 5.76. The number of carbonyl (C=O) groups is 2. The minimum absolute atomic E-state index is 0.00954. The van der Waals surface area contributed by atoms with Crippen LogP contribution < -0.4 is 14.4 Å². The van der Waals surface area contributed by atoms with Crippen molar-refractivity contribution in [3.8, 4) is 5.75 Å². The van der Waals surface area contributed by atoms with E-state index in [0.29, 0.717) is 18.7 Å². The first kappa shape index (κ1) is 31.9. The summed E-state index contributed by atoms with van der Waals surface area (Å²) in [5, 5.41) is 2.59. The summed E-state index contributed by atoms with van der Waals surface area (Å²) in [7, 11) is -2.74. The first-order chi connectivity index (χ1) is 19.5. The maximum absolute atomic E-state index is 14.0. The van der Waals surface area contributed by atoms with Gasteiger partial charge in [0.2, 0.25) is 11.8 Å². The zero-order chi connectivity index (χ0) is 30.2. The Hall–Kier alpha value is -3.63. The number of hydrogen-bond acceptors (Lipinski definition) is 5. The fraction of sp³-hybridized carbons (Fsp3) is 0.333. The van der Waals surface area contributed by atoms with E-state index in [1.165, 1.54) is 23.1 Å². The van der Waals surface area contributed by atoms with Gasteiger partial charge in [-0.15, -0.1) is 0 Å². The van der Waals surface area contributed by atoms with Crippen molar-refractivity contribution < 1.29 is 27.1 Å². The number of benzene rings is 3. The Morgan fingerprint density at radius 1 is 1.02 bits per heavy atom. The predicted molar refractivity (Wildman–Crippen MR) is 158 cm³/mol. The van der Waals surface area contributed by atoms with Gasteiger partial charge in [-0.1, -0.05) is 62.7 Å². The summed E-state index contributed by atoms with van der Waals surface area (Å²) < 4.78 is 47.7. The molecule has 0 saturated carbocycles. The number of nitrogens with zero attached hydrogens (tertiary/aromatic N) is 2. The zero-order valence-corrected chi connectivity index (χ0v) is 25.1. The van der Waals surface area contributed by atoms with Gasteiger partial charge in [0, 0.05) is 13.1 Å². The van der Waals surface area contributed by atoms with E-state index >= 15 is 0 Å². The van der Waals surface area contributed by atoms with E-state index in [-0.39, 0.29) is 34.0 Å². The molecule has 3 aromatic carbocycles. The van der Waals surface area contributed by atoms with Crippen molar-refractivity contribution in [2.24, 2.45) is 5.92 Å². The van der Waals surface area contributed by atoms with Crippen LogP contribution in [0.2, 0.25) is 5.02 Å². The van der Waals surface area contributed by atoms with E-state index < -0.39 is 34.3 Å². The van der Waals surface area contributed by atoms with Crippen LogP contribution >= 0.6 is 11.6 Å². The second-order valence-electron chi connectivity index (χ2n) is 9.86. The minimum atomic E-state index is -4.28. The van der Waals surface area contributed by atoms with Gasteiger partial charge in [0.15, 0.2) is 0 Å².